The summed E-state index contributed by atoms with van der Waals surface area (Å²) in [6.45, 7) is 2.95. The molecule has 0 aromatic carbocycles. The minimum atomic E-state index is -1.75. The summed E-state index contributed by atoms with van der Waals surface area (Å²) in [6.07, 6.45) is -6.32. The van der Waals surface area contributed by atoms with Crippen LogP contribution in [0.4, 0.5) is 19.2 Å². The highest BCUT2D eigenvalue weighted by Crippen LogP contribution is 2.14. The van der Waals surface area contributed by atoms with Crippen molar-refractivity contribution in [1.82, 2.24) is 14.7 Å². The Kier molecular flexibility index (Phi) is 8.46. The van der Waals surface area contributed by atoms with Gasteiger partial charge in [0.15, 0.2) is 0 Å². The zero-order valence-electron chi connectivity index (χ0n) is 14.1. The molecule has 3 atom stereocenters. The molecule has 12 heteroatoms. The Morgan fingerprint density at radius 3 is 1.52 bits per heavy atom. The fraction of sp³-hybridized carbons (Fsp3) is 0.692. The van der Waals surface area contributed by atoms with Crippen molar-refractivity contribution >= 4 is 24.4 Å². The Labute approximate surface area is 143 Å². The molecule has 0 heterocycles. The first kappa shape index (κ1) is 22.2. The summed E-state index contributed by atoms with van der Waals surface area (Å²) in [5, 5.41) is 45.3. The number of hydrogen-bond donors (Lipinski definition) is 5. The number of hydrogen-bond acceptors (Lipinski definition) is 5. The summed E-state index contributed by atoms with van der Waals surface area (Å²) in [7, 11) is 0. The third kappa shape index (κ3) is 5.99. The number of carbonyl (C=O) groups is 4. The largest absolute Gasteiger partial charge is 0.465 e. The Balaban J connectivity index is 5.40. The number of rotatable bonds is 8. The van der Waals surface area contributed by atoms with Gasteiger partial charge in [0, 0.05) is 13.1 Å². The average Bonchev–Trinajstić information content (AvgIpc) is 2.47. The second kappa shape index (κ2) is 9.52. The first-order valence-electron chi connectivity index (χ1n) is 7.30. The molecule has 0 aromatic rings. The lowest BCUT2D eigenvalue weighted by atomic mass is 10.1. The standard InChI is InChI=1S/C13H23N3O9/c1-7(14(4-5-17)10(18)19)6-15(11(20)21)8(2)9(3)16(12(22)23)13(24)25/h7-9,17H,4-6H2,1-3H3,(H,18,19)(H,20,21)(H,22,23)(H,24,25). The van der Waals surface area contributed by atoms with Crippen molar-refractivity contribution in [2.24, 2.45) is 0 Å². The summed E-state index contributed by atoms with van der Waals surface area (Å²) < 4.78 is 0. The highest BCUT2D eigenvalue weighted by Gasteiger charge is 2.36. The molecule has 25 heavy (non-hydrogen) atoms. The minimum Gasteiger partial charge on any atom is -0.465 e. The van der Waals surface area contributed by atoms with Crippen LogP contribution in [-0.4, -0.2) is 102 Å². The quantitative estimate of drug-likeness (QED) is 0.415. The van der Waals surface area contributed by atoms with Crippen LogP contribution in [-0.2, 0) is 0 Å². The summed E-state index contributed by atoms with van der Waals surface area (Å²) in [6, 6.07) is -3.15. The van der Waals surface area contributed by atoms with Crippen LogP contribution in [0.3, 0.4) is 0 Å². The lowest BCUT2D eigenvalue weighted by Crippen LogP contribution is -2.56. The molecule has 5 N–H and O–H groups in total. The van der Waals surface area contributed by atoms with Crippen LogP contribution >= 0.6 is 0 Å². The fourth-order valence-corrected chi connectivity index (χ4v) is 2.32. The van der Waals surface area contributed by atoms with E-state index in [4.69, 9.17) is 20.4 Å². The molecule has 0 aliphatic rings. The number of imide groups is 1. The maximum atomic E-state index is 11.5. The van der Waals surface area contributed by atoms with Crippen LogP contribution in [0.25, 0.3) is 0 Å². The molecule has 0 saturated heterocycles. The Bertz CT molecular complexity index is 499. The van der Waals surface area contributed by atoms with Gasteiger partial charge in [-0.3, -0.25) is 0 Å². The zero-order chi connectivity index (χ0) is 19.9. The highest BCUT2D eigenvalue weighted by atomic mass is 16.4. The van der Waals surface area contributed by atoms with Crippen molar-refractivity contribution in [1.29, 1.82) is 0 Å². The Hall–Kier alpha value is -2.76. The molecule has 0 spiro atoms. The lowest BCUT2D eigenvalue weighted by Gasteiger charge is -2.37. The van der Waals surface area contributed by atoms with Crippen LogP contribution in [0, 0.1) is 0 Å². The van der Waals surface area contributed by atoms with Crippen molar-refractivity contribution in [3.8, 4) is 0 Å². The normalized spacial score (nSPS) is 14.1. The van der Waals surface area contributed by atoms with Crippen molar-refractivity contribution in [3.05, 3.63) is 0 Å². The smallest absolute Gasteiger partial charge is 0.417 e. The number of carboxylic acid groups (broad SMARTS) is 4. The second-order valence-corrected chi connectivity index (χ2v) is 5.40. The summed E-state index contributed by atoms with van der Waals surface area (Å²) >= 11 is 0. The second-order valence-electron chi connectivity index (χ2n) is 5.40. The Morgan fingerprint density at radius 2 is 1.20 bits per heavy atom. The predicted octanol–water partition coefficient (Wildman–Crippen LogP) is 0.762. The van der Waals surface area contributed by atoms with E-state index in [2.05, 4.69) is 0 Å². The number of amides is 4. The van der Waals surface area contributed by atoms with Gasteiger partial charge >= 0.3 is 24.4 Å². The van der Waals surface area contributed by atoms with Gasteiger partial charge in [-0.25, -0.2) is 24.1 Å². The van der Waals surface area contributed by atoms with Crippen LogP contribution in [0.1, 0.15) is 20.8 Å². The molecular formula is C13H23N3O9. The van der Waals surface area contributed by atoms with Crippen molar-refractivity contribution in [2.45, 2.75) is 38.9 Å². The van der Waals surface area contributed by atoms with E-state index in [-0.39, 0.29) is 18.0 Å². The van der Waals surface area contributed by atoms with Gasteiger partial charge in [-0.05, 0) is 20.8 Å². The van der Waals surface area contributed by atoms with Gasteiger partial charge in [0.05, 0.1) is 24.7 Å². The van der Waals surface area contributed by atoms with Gasteiger partial charge < -0.3 is 35.3 Å². The van der Waals surface area contributed by atoms with Crippen LogP contribution in [0.15, 0.2) is 0 Å². The third-order valence-corrected chi connectivity index (χ3v) is 3.83. The molecule has 3 unspecified atom stereocenters. The van der Waals surface area contributed by atoms with E-state index in [0.29, 0.717) is 0 Å². The van der Waals surface area contributed by atoms with Gasteiger partial charge in [0.25, 0.3) is 0 Å². The van der Waals surface area contributed by atoms with Crippen molar-refractivity contribution in [2.75, 3.05) is 19.7 Å². The van der Waals surface area contributed by atoms with E-state index >= 15 is 0 Å². The predicted molar refractivity (Wildman–Crippen MR) is 82.8 cm³/mol. The van der Waals surface area contributed by atoms with E-state index in [9.17, 15) is 24.3 Å². The molecule has 144 valence electrons. The Morgan fingerprint density at radius 1 is 0.760 bits per heavy atom. The van der Waals surface area contributed by atoms with E-state index in [1.165, 1.54) is 20.8 Å². The number of aliphatic hydroxyl groups is 1. The number of nitrogens with zero attached hydrogens (tertiary/aromatic N) is 3. The zero-order valence-corrected chi connectivity index (χ0v) is 14.1. The third-order valence-electron chi connectivity index (χ3n) is 3.83. The minimum absolute atomic E-state index is 0.0773. The highest BCUT2D eigenvalue weighted by molar-refractivity contribution is 5.86. The molecule has 0 radical (unpaired) electrons. The fourth-order valence-electron chi connectivity index (χ4n) is 2.32. The van der Waals surface area contributed by atoms with Gasteiger partial charge in [0.2, 0.25) is 0 Å². The molecule has 0 aromatic heterocycles. The number of aliphatic hydroxyl groups excluding tert-OH is 1. The first-order valence-corrected chi connectivity index (χ1v) is 7.30. The SMILES string of the molecule is CC(CN(C(=O)O)C(C)C(C)N(C(=O)O)C(=O)O)N(CCO)C(=O)O. The maximum absolute atomic E-state index is 11.5. The molecule has 0 aliphatic heterocycles. The average molecular weight is 365 g/mol. The summed E-state index contributed by atoms with van der Waals surface area (Å²) in [5.41, 5.74) is 0. The van der Waals surface area contributed by atoms with Gasteiger partial charge in [-0.1, -0.05) is 0 Å². The van der Waals surface area contributed by atoms with Crippen LogP contribution in [0.5, 0.6) is 0 Å². The molecule has 0 fully saturated rings. The van der Waals surface area contributed by atoms with E-state index in [0.717, 1.165) is 9.80 Å². The molecule has 0 rings (SSSR count). The molecule has 0 aliphatic carbocycles. The van der Waals surface area contributed by atoms with Crippen molar-refractivity contribution in [3.63, 3.8) is 0 Å². The van der Waals surface area contributed by atoms with Gasteiger partial charge in [-0.15, -0.1) is 0 Å². The van der Waals surface area contributed by atoms with E-state index in [1.807, 2.05) is 0 Å². The maximum Gasteiger partial charge on any atom is 0.417 e. The van der Waals surface area contributed by atoms with Crippen molar-refractivity contribution < 1.29 is 44.7 Å². The summed E-state index contributed by atoms with van der Waals surface area (Å²) in [5.74, 6) is 0. The summed E-state index contributed by atoms with van der Waals surface area (Å²) in [4.78, 5) is 46.4. The molecule has 0 saturated carbocycles. The van der Waals surface area contributed by atoms with Crippen LogP contribution < -0.4 is 0 Å². The van der Waals surface area contributed by atoms with E-state index in [1.54, 1.807) is 0 Å². The van der Waals surface area contributed by atoms with Crippen LogP contribution in [0.2, 0.25) is 0 Å². The topological polar surface area (TPSA) is 179 Å². The van der Waals surface area contributed by atoms with E-state index < -0.39 is 49.1 Å². The first-order chi connectivity index (χ1) is 11.4. The van der Waals surface area contributed by atoms with Gasteiger partial charge in [-0.2, -0.15) is 0 Å². The molecular weight excluding hydrogens is 342 g/mol. The van der Waals surface area contributed by atoms with Gasteiger partial charge in [0.1, 0.15) is 0 Å². The molecule has 0 bridgehead atoms. The molecule has 12 nitrogen and oxygen atoms in total. The lowest BCUT2D eigenvalue weighted by molar-refractivity contribution is 0.0570. The monoisotopic (exact) mass is 365 g/mol. The molecule has 4 amide bonds.